The minimum Gasteiger partial charge on any atom is -0.490 e. The Morgan fingerprint density at radius 3 is 1.67 bits per heavy atom. The summed E-state index contributed by atoms with van der Waals surface area (Å²) in [7, 11) is 0. The number of alkyl halides is 9. The summed E-state index contributed by atoms with van der Waals surface area (Å²) in [6.07, 6.45) is -17.1. The van der Waals surface area contributed by atoms with Crippen LogP contribution in [0, 0.1) is 0 Å². The van der Waals surface area contributed by atoms with Gasteiger partial charge in [0.1, 0.15) is 12.4 Å². The Morgan fingerprint density at radius 2 is 1.30 bits per heavy atom. The van der Waals surface area contributed by atoms with E-state index in [1.807, 2.05) is 0 Å². The zero-order valence-electron chi connectivity index (χ0n) is 13.4. The fraction of sp³-hybridized carbons (Fsp3) is 0.467. The second kappa shape index (κ2) is 6.89. The normalized spacial score (nSPS) is 16.0. The molecule has 154 valence electrons. The number of hydrogen-bond acceptors (Lipinski definition) is 3. The molecule has 0 aliphatic heterocycles. The van der Waals surface area contributed by atoms with Crippen LogP contribution in [-0.4, -0.2) is 35.3 Å². The van der Waals surface area contributed by atoms with E-state index >= 15 is 0 Å². The second-order valence-corrected chi connectivity index (χ2v) is 5.62. The second-order valence-electron chi connectivity index (χ2n) is 5.62. The molecule has 0 spiro atoms. The minimum absolute atomic E-state index is 0.0838. The van der Waals surface area contributed by atoms with E-state index in [9.17, 15) is 49.7 Å². The molecule has 1 aromatic rings. The molecule has 1 rings (SSSR count). The zero-order chi connectivity index (χ0) is 21.5. The van der Waals surface area contributed by atoms with Gasteiger partial charge in [0.05, 0.1) is 0 Å². The summed E-state index contributed by atoms with van der Waals surface area (Å²) >= 11 is 0. The van der Waals surface area contributed by atoms with Gasteiger partial charge in [0.25, 0.3) is 5.60 Å². The number of ether oxygens (including phenoxy) is 1. The Bertz CT molecular complexity index is 673. The van der Waals surface area contributed by atoms with Gasteiger partial charge in [-0.25, -0.2) is 0 Å². The first-order valence-corrected chi connectivity index (χ1v) is 6.94. The monoisotopic (exact) mass is 412 g/mol. The first kappa shape index (κ1) is 23.1. The van der Waals surface area contributed by atoms with Crippen LogP contribution in [0.15, 0.2) is 30.9 Å². The van der Waals surface area contributed by atoms with Gasteiger partial charge in [0.15, 0.2) is 5.60 Å². The van der Waals surface area contributed by atoms with Gasteiger partial charge in [-0.1, -0.05) is 12.7 Å². The summed E-state index contributed by atoms with van der Waals surface area (Å²) in [5, 5.41) is 19.0. The Morgan fingerprint density at radius 1 is 0.852 bits per heavy atom. The molecule has 0 aliphatic carbocycles. The molecule has 27 heavy (non-hydrogen) atoms. The van der Waals surface area contributed by atoms with Crippen LogP contribution in [0.3, 0.4) is 0 Å². The Kier molecular flexibility index (Phi) is 5.90. The maximum absolute atomic E-state index is 13.0. The van der Waals surface area contributed by atoms with E-state index in [1.165, 1.54) is 0 Å². The summed E-state index contributed by atoms with van der Waals surface area (Å²) in [6.45, 7) is 2.82. The first-order chi connectivity index (χ1) is 11.9. The highest BCUT2D eigenvalue weighted by molar-refractivity contribution is 5.42. The molecule has 0 saturated heterocycles. The average molecular weight is 412 g/mol. The molecule has 2 N–H and O–H groups in total. The molecule has 0 bridgehead atoms. The Labute approximate surface area is 146 Å². The standard InChI is InChI=1S/C15H13F9O3/c1-3-4-27-10-6-8(11(2,25)13(16,17)18)5-9(7-10)12(26,14(19,20)21)15(22,23)24/h3,5-7,25-26H,1,4H2,2H3. The fourth-order valence-electron chi connectivity index (χ4n) is 1.98. The number of halogens is 9. The van der Waals surface area contributed by atoms with Crippen molar-refractivity contribution in [3.63, 3.8) is 0 Å². The molecule has 3 nitrogen and oxygen atoms in total. The quantitative estimate of drug-likeness (QED) is 0.559. The third-order valence-electron chi connectivity index (χ3n) is 3.63. The van der Waals surface area contributed by atoms with Crippen LogP contribution in [0.2, 0.25) is 0 Å². The van der Waals surface area contributed by atoms with E-state index < -0.39 is 53.2 Å². The molecule has 0 aliphatic rings. The van der Waals surface area contributed by atoms with E-state index in [0.29, 0.717) is 6.07 Å². The van der Waals surface area contributed by atoms with E-state index in [1.54, 1.807) is 0 Å². The molecule has 12 heteroatoms. The third-order valence-corrected chi connectivity index (χ3v) is 3.63. The summed E-state index contributed by atoms with van der Waals surface area (Å²) in [4.78, 5) is 0. The smallest absolute Gasteiger partial charge is 0.430 e. The van der Waals surface area contributed by atoms with Crippen molar-refractivity contribution in [3.05, 3.63) is 42.0 Å². The van der Waals surface area contributed by atoms with Gasteiger partial charge in [-0.05, 0) is 30.7 Å². The number of hydrogen-bond donors (Lipinski definition) is 2. The van der Waals surface area contributed by atoms with Crippen molar-refractivity contribution in [2.75, 3.05) is 6.61 Å². The van der Waals surface area contributed by atoms with Crippen LogP contribution in [0.25, 0.3) is 0 Å². The van der Waals surface area contributed by atoms with Gasteiger partial charge in [0.2, 0.25) is 0 Å². The zero-order valence-corrected chi connectivity index (χ0v) is 13.4. The minimum atomic E-state index is -6.33. The van der Waals surface area contributed by atoms with Crippen molar-refractivity contribution in [1.82, 2.24) is 0 Å². The number of aliphatic hydroxyl groups is 2. The molecule has 0 aromatic heterocycles. The summed E-state index contributed by atoms with van der Waals surface area (Å²) in [6, 6.07) is 0.267. The van der Waals surface area contributed by atoms with Gasteiger partial charge in [-0.2, -0.15) is 39.5 Å². The molecule has 1 atom stereocenters. The van der Waals surface area contributed by atoms with E-state index in [-0.39, 0.29) is 19.1 Å². The van der Waals surface area contributed by atoms with E-state index in [4.69, 9.17) is 4.74 Å². The predicted molar refractivity (Wildman–Crippen MR) is 73.8 cm³/mol. The maximum Gasteiger partial charge on any atom is 0.430 e. The van der Waals surface area contributed by atoms with Gasteiger partial charge >= 0.3 is 18.5 Å². The largest absolute Gasteiger partial charge is 0.490 e. The topological polar surface area (TPSA) is 49.7 Å². The van der Waals surface area contributed by atoms with E-state index in [2.05, 4.69) is 6.58 Å². The molecule has 0 fully saturated rings. The molecule has 1 unspecified atom stereocenters. The van der Waals surface area contributed by atoms with Crippen LogP contribution in [-0.2, 0) is 11.2 Å². The lowest BCUT2D eigenvalue weighted by atomic mass is 9.86. The van der Waals surface area contributed by atoms with Crippen LogP contribution in [0.4, 0.5) is 39.5 Å². The highest BCUT2D eigenvalue weighted by Gasteiger charge is 2.71. The lowest BCUT2D eigenvalue weighted by Gasteiger charge is -2.34. The van der Waals surface area contributed by atoms with Crippen LogP contribution < -0.4 is 4.74 Å². The summed E-state index contributed by atoms with van der Waals surface area (Å²) < 4.78 is 122. The highest BCUT2D eigenvalue weighted by atomic mass is 19.4. The molecular weight excluding hydrogens is 399 g/mol. The molecule has 0 heterocycles. The Balaban J connectivity index is 3.82. The van der Waals surface area contributed by atoms with E-state index in [0.717, 1.165) is 6.08 Å². The molecule has 0 radical (unpaired) electrons. The van der Waals surface area contributed by atoms with Gasteiger partial charge < -0.3 is 14.9 Å². The van der Waals surface area contributed by atoms with Crippen LogP contribution in [0.1, 0.15) is 18.1 Å². The van der Waals surface area contributed by atoms with Gasteiger partial charge in [-0.15, -0.1) is 0 Å². The highest BCUT2D eigenvalue weighted by Crippen LogP contribution is 2.51. The lowest BCUT2D eigenvalue weighted by molar-refractivity contribution is -0.376. The lowest BCUT2D eigenvalue weighted by Crippen LogP contribution is -2.54. The van der Waals surface area contributed by atoms with Crippen molar-refractivity contribution in [3.8, 4) is 5.75 Å². The summed E-state index contributed by atoms with van der Waals surface area (Å²) in [5.74, 6) is -0.876. The average Bonchev–Trinajstić information content (AvgIpc) is 2.48. The fourth-order valence-corrected chi connectivity index (χ4v) is 1.98. The Hall–Kier alpha value is -1.95. The van der Waals surface area contributed by atoms with Crippen molar-refractivity contribution in [1.29, 1.82) is 0 Å². The maximum atomic E-state index is 13.0. The molecule has 1 aromatic carbocycles. The van der Waals surface area contributed by atoms with Crippen molar-refractivity contribution < 1.29 is 54.5 Å². The van der Waals surface area contributed by atoms with Gasteiger partial charge in [-0.3, -0.25) is 0 Å². The predicted octanol–water partition coefficient (Wildman–Crippen LogP) is 4.33. The molecule has 0 saturated carbocycles. The van der Waals surface area contributed by atoms with Crippen LogP contribution in [0.5, 0.6) is 5.75 Å². The third kappa shape index (κ3) is 4.15. The summed E-state index contributed by atoms with van der Waals surface area (Å²) in [5.41, 5.74) is -12.7. The molecular formula is C15H13F9O3. The van der Waals surface area contributed by atoms with Crippen molar-refractivity contribution in [2.24, 2.45) is 0 Å². The number of rotatable bonds is 5. The van der Waals surface area contributed by atoms with Crippen LogP contribution >= 0.6 is 0 Å². The van der Waals surface area contributed by atoms with Gasteiger partial charge in [0, 0.05) is 5.56 Å². The first-order valence-electron chi connectivity index (χ1n) is 6.94. The van der Waals surface area contributed by atoms with Crippen molar-refractivity contribution >= 4 is 0 Å². The SMILES string of the molecule is C=CCOc1cc(C(C)(O)C(F)(F)F)cc(C(O)(C(F)(F)F)C(F)(F)F)c1. The number of benzene rings is 1. The molecule has 0 amide bonds. The van der Waals surface area contributed by atoms with Crippen molar-refractivity contribution in [2.45, 2.75) is 36.7 Å².